The van der Waals surface area contributed by atoms with Crippen molar-refractivity contribution in [1.29, 1.82) is 0 Å². The maximum Gasteiger partial charge on any atom is 0.389 e. The summed E-state index contributed by atoms with van der Waals surface area (Å²) in [7, 11) is 0. The highest BCUT2D eigenvalue weighted by Gasteiger charge is 2.25. The Hall–Kier alpha value is -0.780. The van der Waals surface area contributed by atoms with Gasteiger partial charge >= 0.3 is 12.1 Å². The molecule has 17 heavy (non-hydrogen) atoms. The maximum absolute atomic E-state index is 11.7. The van der Waals surface area contributed by atoms with E-state index in [-0.39, 0.29) is 26.1 Å². The minimum Gasteiger partial charge on any atom is -0.460 e. The van der Waals surface area contributed by atoms with Crippen LogP contribution in [0.4, 0.5) is 13.2 Å². The first-order valence-corrected chi connectivity index (χ1v) is 5.46. The van der Waals surface area contributed by atoms with Crippen LogP contribution in [0, 0.1) is 0 Å². The number of hydrogen-bond donors (Lipinski definition) is 0. The molecule has 0 radical (unpaired) electrons. The second-order valence-electron chi connectivity index (χ2n) is 4.67. The minimum atomic E-state index is -4.14. The fraction of sp³-hybridized carbons (Fsp3) is 0.909. The largest absolute Gasteiger partial charge is 0.460 e. The summed E-state index contributed by atoms with van der Waals surface area (Å²) in [5.74, 6) is -0.409. The van der Waals surface area contributed by atoms with Gasteiger partial charge in [-0.05, 0) is 27.2 Å². The van der Waals surface area contributed by atoms with Gasteiger partial charge in [0.25, 0.3) is 0 Å². The third-order valence-electron chi connectivity index (χ3n) is 1.62. The van der Waals surface area contributed by atoms with Crippen LogP contribution in [-0.2, 0) is 14.3 Å². The second-order valence-corrected chi connectivity index (χ2v) is 4.67. The van der Waals surface area contributed by atoms with Gasteiger partial charge in [0.1, 0.15) is 5.60 Å². The second kappa shape index (κ2) is 6.83. The minimum absolute atomic E-state index is 0.00229. The van der Waals surface area contributed by atoms with Crippen LogP contribution >= 0.6 is 0 Å². The van der Waals surface area contributed by atoms with Gasteiger partial charge in [0, 0.05) is 13.0 Å². The van der Waals surface area contributed by atoms with E-state index in [1.165, 1.54) is 0 Å². The first-order chi connectivity index (χ1) is 7.60. The summed E-state index contributed by atoms with van der Waals surface area (Å²) < 4.78 is 45.2. The van der Waals surface area contributed by atoms with Crippen molar-refractivity contribution < 1.29 is 27.4 Å². The molecule has 0 rings (SSSR count). The van der Waals surface area contributed by atoms with Gasteiger partial charge in [-0.3, -0.25) is 4.79 Å². The van der Waals surface area contributed by atoms with Crippen molar-refractivity contribution in [1.82, 2.24) is 0 Å². The molecule has 0 aliphatic heterocycles. The predicted octanol–water partition coefficient (Wildman–Crippen LogP) is 3.08. The van der Waals surface area contributed by atoms with Crippen LogP contribution in [-0.4, -0.2) is 31.0 Å². The van der Waals surface area contributed by atoms with Gasteiger partial charge in [-0.2, -0.15) is 13.2 Å². The van der Waals surface area contributed by atoms with E-state index in [1.807, 2.05) is 0 Å². The Labute approximate surface area is 99.3 Å². The number of carbonyl (C=O) groups excluding carboxylic acids is 1. The van der Waals surface area contributed by atoms with Crippen LogP contribution < -0.4 is 0 Å². The van der Waals surface area contributed by atoms with Crippen LogP contribution in [0.25, 0.3) is 0 Å². The molecule has 0 unspecified atom stereocenters. The number of carbonyl (C=O) groups is 1. The zero-order chi connectivity index (χ0) is 13.5. The standard InChI is InChI=1S/C11H19F3O3/c1-10(2,3)17-9(15)5-8-16-7-4-6-11(12,13)14/h4-8H2,1-3H3. The van der Waals surface area contributed by atoms with Gasteiger partial charge in [-0.25, -0.2) is 0 Å². The van der Waals surface area contributed by atoms with Crippen molar-refractivity contribution in [3.63, 3.8) is 0 Å². The SMILES string of the molecule is CC(C)(C)OC(=O)CCOCCCC(F)(F)F. The molecule has 0 saturated heterocycles. The van der Waals surface area contributed by atoms with E-state index in [9.17, 15) is 18.0 Å². The van der Waals surface area contributed by atoms with Gasteiger partial charge in [0.2, 0.25) is 0 Å². The number of hydrogen-bond acceptors (Lipinski definition) is 3. The smallest absolute Gasteiger partial charge is 0.389 e. The first-order valence-electron chi connectivity index (χ1n) is 5.46. The van der Waals surface area contributed by atoms with Crippen LogP contribution in [0.2, 0.25) is 0 Å². The van der Waals surface area contributed by atoms with Crippen LogP contribution in [0.3, 0.4) is 0 Å². The lowest BCUT2D eigenvalue weighted by molar-refractivity contribution is -0.156. The molecule has 0 saturated carbocycles. The Balaban J connectivity index is 3.44. The fourth-order valence-corrected chi connectivity index (χ4v) is 1.02. The maximum atomic E-state index is 11.7. The summed E-state index contributed by atoms with van der Waals surface area (Å²) in [4.78, 5) is 11.2. The highest BCUT2D eigenvalue weighted by Crippen LogP contribution is 2.21. The Morgan fingerprint density at radius 3 is 2.18 bits per heavy atom. The van der Waals surface area contributed by atoms with E-state index in [2.05, 4.69) is 0 Å². The Kier molecular flexibility index (Phi) is 6.52. The van der Waals surface area contributed by atoms with E-state index in [0.29, 0.717) is 0 Å². The molecule has 0 aromatic heterocycles. The number of halogens is 3. The van der Waals surface area contributed by atoms with Crippen LogP contribution in [0.1, 0.15) is 40.0 Å². The molecule has 3 nitrogen and oxygen atoms in total. The molecular formula is C11H19F3O3. The van der Waals surface area contributed by atoms with E-state index >= 15 is 0 Å². The Bertz CT molecular complexity index is 231. The zero-order valence-electron chi connectivity index (χ0n) is 10.4. The van der Waals surface area contributed by atoms with Gasteiger partial charge < -0.3 is 9.47 Å². The molecule has 0 aromatic rings. The van der Waals surface area contributed by atoms with E-state index in [1.54, 1.807) is 20.8 Å². The van der Waals surface area contributed by atoms with E-state index in [4.69, 9.17) is 9.47 Å². The van der Waals surface area contributed by atoms with Gasteiger partial charge in [0.15, 0.2) is 0 Å². The lowest BCUT2D eigenvalue weighted by Crippen LogP contribution is -2.24. The van der Waals surface area contributed by atoms with Crippen molar-refractivity contribution in [2.24, 2.45) is 0 Å². The topological polar surface area (TPSA) is 35.5 Å². The molecule has 0 atom stereocenters. The van der Waals surface area contributed by atoms with Gasteiger partial charge in [-0.15, -0.1) is 0 Å². The van der Waals surface area contributed by atoms with Crippen LogP contribution in [0.5, 0.6) is 0 Å². The number of alkyl halides is 3. The summed E-state index contributed by atoms with van der Waals surface area (Å²) in [6, 6.07) is 0. The molecule has 6 heteroatoms. The third kappa shape index (κ3) is 13.2. The summed E-state index contributed by atoms with van der Waals surface area (Å²) in [6.07, 6.45) is -5.03. The van der Waals surface area contributed by atoms with E-state index < -0.39 is 24.2 Å². The van der Waals surface area contributed by atoms with Crippen LogP contribution in [0.15, 0.2) is 0 Å². The van der Waals surface area contributed by atoms with Crippen molar-refractivity contribution in [3.8, 4) is 0 Å². The molecule has 0 spiro atoms. The molecule has 102 valence electrons. The highest BCUT2D eigenvalue weighted by atomic mass is 19.4. The molecule has 0 aliphatic carbocycles. The van der Waals surface area contributed by atoms with Crippen molar-refractivity contribution in [3.05, 3.63) is 0 Å². The van der Waals surface area contributed by atoms with Gasteiger partial charge in [0.05, 0.1) is 13.0 Å². The average Bonchev–Trinajstić information content (AvgIpc) is 2.06. The molecule has 0 aromatic carbocycles. The summed E-state index contributed by atoms with van der Waals surface area (Å²) in [6.45, 7) is 5.33. The predicted molar refractivity (Wildman–Crippen MR) is 56.6 cm³/mol. The first kappa shape index (κ1) is 16.2. The zero-order valence-corrected chi connectivity index (χ0v) is 10.4. The van der Waals surface area contributed by atoms with E-state index in [0.717, 1.165) is 0 Å². The quantitative estimate of drug-likeness (QED) is 0.541. The number of rotatable bonds is 6. The van der Waals surface area contributed by atoms with Crippen molar-refractivity contribution >= 4 is 5.97 Å². The molecule has 0 bridgehead atoms. The summed E-state index contributed by atoms with van der Waals surface area (Å²) >= 11 is 0. The molecular weight excluding hydrogens is 237 g/mol. The lowest BCUT2D eigenvalue weighted by Gasteiger charge is -2.19. The van der Waals surface area contributed by atoms with Gasteiger partial charge in [-0.1, -0.05) is 0 Å². The summed E-state index contributed by atoms with van der Waals surface area (Å²) in [5.41, 5.74) is -0.548. The van der Waals surface area contributed by atoms with Crippen molar-refractivity contribution in [2.75, 3.05) is 13.2 Å². The summed E-state index contributed by atoms with van der Waals surface area (Å²) in [5, 5.41) is 0. The molecule has 0 heterocycles. The Morgan fingerprint density at radius 1 is 1.12 bits per heavy atom. The molecule has 0 amide bonds. The number of ether oxygens (including phenoxy) is 2. The molecule has 0 aliphatic rings. The molecule has 0 N–H and O–H groups in total. The molecule has 0 fully saturated rings. The normalized spacial score (nSPS) is 12.6. The fourth-order valence-electron chi connectivity index (χ4n) is 1.02. The number of esters is 1. The highest BCUT2D eigenvalue weighted by molar-refractivity contribution is 5.69. The van der Waals surface area contributed by atoms with Crippen molar-refractivity contribution in [2.45, 2.75) is 51.8 Å². The average molecular weight is 256 g/mol. The monoisotopic (exact) mass is 256 g/mol. The Morgan fingerprint density at radius 2 is 1.71 bits per heavy atom. The lowest BCUT2D eigenvalue weighted by atomic mass is 10.2. The third-order valence-corrected chi connectivity index (χ3v) is 1.62.